The third-order valence-electron chi connectivity index (χ3n) is 4.34. The summed E-state index contributed by atoms with van der Waals surface area (Å²) in [5.41, 5.74) is -3.01. The number of carboxylic acids is 1. The summed E-state index contributed by atoms with van der Waals surface area (Å²) in [5, 5.41) is 21.0. The third kappa shape index (κ3) is 1.96. The van der Waals surface area contributed by atoms with Gasteiger partial charge in [-0.3, -0.25) is 14.9 Å². The first-order valence-electron chi connectivity index (χ1n) is 6.71. The van der Waals surface area contributed by atoms with Gasteiger partial charge in [0.15, 0.2) is 0 Å². The van der Waals surface area contributed by atoms with Crippen LogP contribution in [0.5, 0.6) is 0 Å². The van der Waals surface area contributed by atoms with Gasteiger partial charge < -0.3 is 9.84 Å². The van der Waals surface area contributed by atoms with Crippen LogP contribution in [0, 0.1) is 27.9 Å². The number of esters is 1. The Morgan fingerprint density at radius 2 is 1.95 bits per heavy atom. The van der Waals surface area contributed by atoms with Crippen molar-refractivity contribution < 1.29 is 24.4 Å². The van der Waals surface area contributed by atoms with E-state index in [0.717, 1.165) is 0 Å². The molecular formula is C13H19NO6. The van der Waals surface area contributed by atoms with E-state index in [1.165, 1.54) is 0 Å². The molecule has 0 radical (unpaired) electrons. The van der Waals surface area contributed by atoms with E-state index in [2.05, 4.69) is 0 Å². The lowest BCUT2D eigenvalue weighted by molar-refractivity contribution is -0.572. The Morgan fingerprint density at radius 3 is 2.40 bits per heavy atom. The van der Waals surface area contributed by atoms with Crippen LogP contribution in [-0.4, -0.2) is 33.1 Å². The molecule has 2 bridgehead atoms. The lowest BCUT2D eigenvalue weighted by atomic mass is 9.73. The minimum Gasteiger partial charge on any atom is -0.481 e. The molecule has 112 valence electrons. The van der Waals surface area contributed by atoms with E-state index in [0.29, 0.717) is 19.3 Å². The van der Waals surface area contributed by atoms with Crippen molar-refractivity contribution >= 4 is 11.9 Å². The molecule has 0 aliphatic heterocycles. The van der Waals surface area contributed by atoms with Gasteiger partial charge in [-0.1, -0.05) is 0 Å². The summed E-state index contributed by atoms with van der Waals surface area (Å²) in [6.45, 7) is 4.84. The third-order valence-corrected chi connectivity index (χ3v) is 4.34. The van der Waals surface area contributed by atoms with E-state index in [9.17, 15) is 24.8 Å². The lowest BCUT2D eigenvalue weighted by Crippen LogP contribution is -2.60. The fraction of sp³-hybridized carbons (Fsp3) is 0.846. The maximum Gasteiger partial charge on any atom is 0.386 e. The number of carbonyl (C=O) groups is 2. The van der Waals surface area contributed by atoms with Gasteiger partial charge in [0.1, 0.15) is 11.5 Å². The Bertz CT molecular complexity index is 468. The van der Waals surface area contributed by atoms with Crippen LogP contribution in [0.1, 0.15) is 40.0 Å². The molecule has 0 aromatic carbocycles. The smallest absolute Gasteiger partial charge is 0.386 e. The van der Waals surface area contributed by atoms with Crippen molar-refractivity contribution in [1.29, 1.82) is 0 Å². The topological polar surface area (TPSA) is 107 Å². The van der Waals surface area contributed by atoms with Gasteiger partial charge in [-0.2, -0.15) is 0 Å². The second kappa shape index (κ2) is 4.43. The molecule has 2 aliphatic rings. The molecule has 7 nitrogen and oxygen atoms in total. The zero-order valence-corrected chi connectivity index (χ0v) is 11.8. The van der Waals surface area contributed by atoms with Crippen molar-refractivity contribution in [3.8, 4) is 0 Å². The molecule has 0 amide bonds. The minimum atomic E-state index is -2.12. The molecule has 0 aromatic rings. The first-order chi connectivity index (χ1) is 9.10. The number of hydrogen-bond donors (Lipinski definition) is 1. The predicted octanol–water partition coefficient (Wildman–Crippen LogP) is 1.47. The van der Waals surface area contributed by atoms with Gasteiger partial charge in [-0.15, -0.1) is 0 Å². The Balaban J connectivity index is 2.46. The summed E-state index contributed by atoms with van der Waals surface area (Å²) in [6, 6.07) is 0. The maximum absolute atomic E-state index is 12.4. The second-order valence-corrected chi connectivity index (χ2v) is 6.67. The molecule has 0 heterocycles. The summed E-state index contributed by atoms with van der Waals surface area (Å²) < 4.78 is 5.18. The molecule has 0 spiro atoms. The summed E-state index contributed by atoms with van der Waals surface area (Å²) in [4.78, 5) is 34.7. The summed E-state index contributed by atoms with van der Waals surface area (Å²) in [5.74, 6) is -4.42. The Hall–Kier alpha value is -1.66. The van der Waals surface area contributed by atoms with Gasteiger partial charge in [0.25, 0.3) is 0 Å². The summed E-state index contributed by atoms with van der Waals surface area (Å²) in [6.07, 6.45) is 1.55. The van der Waals surface area contributed by atoms with E-state index >= 15 is 0 Å². The largest absolute Gasteiger partial charge is 0.481 e. The molecule has 1 unspecified atom stereocenters. The van der Waals surface area contributed by atoms with Crippen molar-refractivity contribution in [2.24, 2.45) is 17.8 Å². The van der Waals surface area contributed by atoms with Crippen LogP contribution in [0.2, 0.25) is 0 Å². The normalized spacial score (nSPS) is 35.9. The SMILES string of the molecule is CC(C)(C)OC(=O)C1([N+](=O)[O-])[C@H]2CC[C@H](C2)[C@@H]1C(=O)O. The highest BCUT2D eigenvalue weighted by Crippen LogP contribution is 2.56. The Kier molecular flexibility index (Phi) is 3.26. The average molecular weight is 285 g/mol. The van der Waals surface area contributed by atoms with Crippen molar-refractivity contribution in [3.05, 3.63) is 10.1 Å². The molecule has 0 saturated heterocycles. The van der Waals surface area contributed by atoms with Gasteiger partial charge >= 0.3 is 17.5 Å². The zero-order valence-electron chi connectivity index (χ0n) is 11.8. The summed E-state index contributed by atoms with van der Waals surface area (Å²) >= 11 is 0. The predicted molar refractivity (Wildman–Crippen MR) is 67.5 cm³/mol. The van der Waals surface area contributed by atoms with Crippen molar-refractivity contribution in [2.75, 3.05) is 0 Å². The molecule has 2 rings (SSSR count). The molecule has 2 saturated carbocycles. The number of nitro groups is 1. The molecule has 20 heavy (non-hydrogen) atoms. The number of aliphatic carboxylic acids is 1. The van der Waals surface area contributed by atoms with E-state index in [1.807, 2.05) is 0 Å². The van der Waals surface area contributed by atoms with E-state index < -0.39 is 39.8 Å². The first kappa shape index (κ1) is 14.7. The van der Waals surface area contributed by atoms with Crippen LogP contribution < -0.4 is 0 Å². The van der Waals surface area contributed by atoms with Crippen LogP contribution in [-0.2, 0) is 14.3 Å². The van der Waals surface area contributed by atoms with Crippen molar-refractivity contribution in [3.63, 3.8) is 0 Å². The lowest BCUT2D eigenvalue weighted by Gasteiger charge is -2.34. The monoisotopic (exact) mass is 285 g/mol. The fourth-order valence-corrected chi connectivity index (χ4v) is 3.71. The number of carbonyl (C=O) groups excluding carboxylic acids is 1. The molecule has 7 heteroatoms. The number of hydrogen-bond acceptors (Lipinski definition) is 5. The highest BCUT2D eigenvalue weighted by atomic mass is 16.6. The van der Waals surface area contributed by atoms with Crippen LogP contribution in [0.25, 0.3) is 0 Å². The zero-order chi connectivity index (χ0) is 15.3. The van der Waals surface area contributed by atoms with Gasteiger partial charge in [-0.05, 0) is 46.0 Å². The fourth-order valence-electron chi connectivity index (χ4n) is 3.71. The molecule has 0 aromatic heterocycles. The van der Waals surface area contributed by atoms with E-state index in [4.69, 9.17) is 4.74 Å². The van der Waals surface area contributed by atoms with E-state index in [1.54, 1.807) is 20.8 Å². The van der Waals surface area contributed by atoms with Gasteiger partial charge in [0.05, 0.1) is 0 Å². The molecule has 2 fully saturated rings. The first-order valence-corrected chi connectivity index (χ1v) is 6.71. The maximum atomic E-state index is 12.4. The molecular weight excluding hydrogens is 266 g/mol. The van der Waals surface area contributed by atoms with Crippen LogP contribution in [0.4, 0.5) is 0 Å². The van der Waals surface area contributed by atoms with E-state index in [-0.39, 0.29) is 5.92 Å². The van der Waals surface area contributed by atoms with Crippen LogP contribution >= 0.6 is 0 Å². The quantitative estimate of drug-likeness (QED) is 0.478. The van der Waals surface area contributed by atoms with Crippen LogP contribution in [0.15, 0.2) is 0 Å². The summed E-state index contributed by atoms with van der Waals surface area (Å²) in [7, 11) is 0. The highest BCUT2D eigenvalue weighted by molar-refractivity contribution is 5.88. The minimum absolute atomic E-state index is 0.310. The van der Waals surface area contributed by atoms with Gasteiger partial charge in [-0.25, -0.2) is 4.79 Å². The number of carboxylic acid groups (broad SMARTS) is 1. The Labute approximate surface area is 116 Å². The number of ether oxygens (including phenoxy) is 1. The number of rotatable bonds is 3. The number of nitrogens with zero attached hydrogens (tertiary/aromatic N) is 1. The molecule has 1 N–H and O–H groups in total. The number of fused-ring (bicyclic) bond motifs is 2. The standard InChI is InChI=1S/C13H19NO6/c1-12(2,3)20-11(17)13(14(18)19)8-5-4-7(6-8)9(13)10(15)16/h7-9H,4-6H2,1-3H3,(H,15,16)/t7-,8+,9-,13?/m1/s1. The highest BCUT2D eigenvalue weighted by Gasteiger charge is 2.75. The van der Waals surface area contributed by atoms with Gasteiger partial charge in [0.2, 0.25) is 0 Å². The van der Waals surface area contributed by atoms with Crippen molar-refractivity contribution in [2.45, 2.75) is 51.2 Å². The molecule has 2 aliphatic carbocycles. The van der Waals surface area contributed by atoms with Crippen LogP contribution in [0.3, 0.4) is 0 Å². The molecule has 4 atom stereocenters. The average Bonchev–Trinajstić information content (AvgIpc) is 2.83. The Morgan fingerprint density at radius 1 is 1.35 bits per heavy atom. The van der Waals surface area contributed by atoms with Gasteiger partial charge in [0, 0.05) is 10.8 Å². The second-order valence-electron chi connectivity index (χ2n) is 6.67. The van der Waals surface area contributed by atoms with Crippen molar-refractivity contribution in [1.82, 2.24) is 0 Å².